The number of rotatable bonds is 8. The third kappa shape index (κ3) is 5.28. The van der Waals surface area contributed by atoms with Crippen LogP contribution < -0.4 is 15.5 Å². The van der Waals surface area contributed by atoms with Crippen LogP contribution in [-0.2, 0) is 16.0 Å². The maximum atomic E-state index is 13.0. The van der Waals surface area contributed by atoms with Gasteiger partial charge in [-0.15, -0.1) is 11.3 Å². The molecule has 1 aliphatic heterocycles. The Kier molecular flexibility index (Phi) is 7.33. The number of amides is 3. The van der Waals surface area contributed by atoms with Gasteiger partial charge >= 0.3 is 0 Å². The van der Waals surface area contributed by atoms with E-state index in [1.165, 1.54) is 11.3 Å². The molecule has 4 rings (SSSR count). The Balaban J connectivity index is 1.44. The molecule has 0 unspecified atom stereocenters. The van der Waals surface area contributed by atoms with Gasteiger partial charge < -0.3 is 5.32 Å². The van der Waals surface area contributed by atoms with Crippen molar-refractivity contribution in [2.24, 2.45) is 0 Å². The molecule has 0 bridgehead atoms. The van der Waals surface area contributed by atoms with E-state index < -0.39 is 11.8 Å². The van der Waals surface area contributed by atoms with E-state index in [-0.39, 0.29) is 16.6 Å². The molecule has 2 heterocycles. The Morgan fingerprint density at radius 1 is 1.03 bits per heavy atom. The summed E-state index contributed by atoms with van der Waals surface area (Å²) in [7, 11) is 0. The number of aromatic nitrogens is 1. The second-order valence-corrected chi connectivity index (χ2v) is 9.80. The molecule has 9 heteroatoms. The van der Waals surface area contributed by atoms with Crippen molar-refractivity contribution in [3.8, 4) is 0 Å². The van der Waals surface area contributed by atoms with E-state index in [1.54, 1.807) is 36.4 Å². The van der Waals surface area contributed by atoms with Gasteiger partial charge in [-0.05, 0) is 68.7 Å². The van der Waals surface area contributed by atoms with Crippen LogP contribution in [-0.4, -0.2) is 22.7 Å². The number of anilines is 3. The van der Waals surface area contributed by atoms with Crippen LogP contribution in [0.4, 0.5) is 16.5 Å². The number of hydrogen-bond donors (Lipinski definition) is 2. The van der Waals surface area contributed by atoms with Crippen LogP contribution in [0.3, 0.4) is 0 Å². The molecule has 2 aromatic carbocycles. The average molecular weight is 509 g/mol. The van der Waals surface area contributed by atoms with E-state index in [1.807, 2.05) is 26.0 Å². The summed E-state index contributed by atoms with van der Waals surface area (Å²) in [6, 6.07) is 13.9. The van der Waals surface area contributed by atoms with E-state index in [2.05, 4.69) is 22.5 Å². The predicted octanol–water partition coefficient (Wildman–Crippen LogP) is 5.79. The number of carbonyl (C=O) groups is 3. The molecule has 3 aromatic rings. The van der Waals surface area contributed by atoms with Crippen molar-refractivity contribution in [2.45, 2.75) is 40.0 Å². The Labute approximate surface area is 212 Å². The average Bonchev–Trinajstić information content (AvgIpc) is 3.27. The van der Waals surface area contributed by atoms with Crippen molar-refractivity contribution >= 4 is 57.2 Å². The normalized spacial score (nSPS) is 13.5. The molecular formula is C26H25ClN4O3S. The third-order valence-corrected chi connectivity index (χ3v) is 7.05. The minimum atomic E-state index is -0.578. The number of imide groups is 1. The SMILES string of the molecule is CCCCc1ccc(N2C(=O)C(Cl)=C(Nc3ccc(C(=O)Nc4nc(C)c(C)s4)cc3)C2=O)cc1. The molecule has 2 N–H and O–H groups in total. The number of halogens is 1. The summed E-state index contributed by atoms with van der Waals surface area (Å²) in [6.45, 7) is 5.97. The lowest BCUT2D eigenvalue weighted by Crippen LogP contribution is -2.32. The summed E-state index contributed by atoms with van der Waals surface area (Å²) >= 11 is 7.65. The minimum Gasteiger partial charge on any atom is -0.350 e. The smallest absolute Gasteiger partial charge is 0.283 e. The molecular weight excluding hydrogens is 484 g/mol. The lowest BCUT2D eigenvalue weighted by Gasteiger charge is -2.15. The quantitative estimate of drug-likeness (QED) is 0.376. The van der Waals surface area contributed by atoms with Gasteiger partial charge in [0, 0.05) is 16.1 Å². The zero-order chi connectivity index (χ0) is 25.1. The number of hydrogen-bond acceptors (Lipinski definition) is 6. The van der Waals surface area contributed by atoms with Crippen LogP contribution in [0.15, 0.2) is 59.3 Å². The summed E-state index contributed by atoms with van der Waals surface area (Å²) in [5.74, 6) is -1.40. The Hall–Kier alpha value is -3.49. The molecule has 1 aliphatic rings. The van der Waals surface area contributed by atoms with Gasteiger partial charge in [-0.1, -0.05) is 37.1 Å². The van der Waals surface area contributed by atoms with Crippen LogP contribution in [0, 0.1) is 13.8 Å². The minimum absolute atomic E-state index is 0.00216. The molecule has 0 saturated carbocycles. The van der Waals surface area contributed by atoms with E-state index in [0.29, 0.717) is 22.1 Å². The Bertz CT molecular complexity index is 1290. The zero-order valence-electron chi connectivity index (χ0n) is 19.6. The van der Waals surface area contributed by atoms with Crippen molar-refractivity contribution in [1.82, 2.24) is 4.98 Å². The fraction of sp³-hybridized carbons (Fsp3) is 0.231. The largest absolute Gasteiger partial charge is 0.350 e. The maximum absolute atomic E-state index is 13.0. The number of benzene rings is 2. The molecule has 0 radical (unpaired) electrons. The third-order valence-electron chi connectivity index (χ3n) is 5.71. The van der Waals surface area contributed by atoms with Crippen LogP contribution >= 0.6 is 22.9 Å². The second kappa shape index (κ2) is 10.4. The molecule has 180 valence electrons. The van der Waals surface area contributed by atoms with Crippen LogP contribution in [0.5, 0.6) is 0 Å². The molecule has 0 aliphatic carbocycles. The van der Waals surface area contributed by atoms with E-state index in [9.17, 15) is 14.4 Å². The van der Waals surface area contributed by atoms with Gasteiger partial charge in [0.25, 0.3) is 17.7 Å². The molecule has 0 saturated heterocycles. The summed E-state index contributed by atoms with van der Waals surface area (Å²) in [4.78, 5) is 44.7. The second-order valence-electron chi connectivity index (χ2n) is 8.22. The molecule has 0 atom stereocenters. The number of carbonyl (C=O) groups excluding carboxylic acids is 3. The molecule has 3 amide bonds. The molecule has 7 nitrogen and oxygen atoms in total. The summed E-state index contributed by atoms with van der Waals surface area (Å²) in [5.41, 5.74) is 3.45. The standard InChI is InChI=1S/C26H25ClN4O3S/c1-4-5-6-17-7-13-20(14-8-17)31-24(33)21(27)22(25(31)34)29-19-11-9-18(10-12-19)23(32)30-26-28-15(2)16(3)35-26/h7-14,29H,4-6H2,1-3H3,(H,28,30,32). The van der Waals surface area contributed by atoms with Gasteiger partial charge in [0.15, 0.2) is 5.13 Å². The fourth-order valence-electron chi connectivity index (χ4n) is 3.58. The number of thiazole rings is 1. The van der Waals surface area contributed by atoms with Gasteiger partial charge in [0.2, 0.25) is 0 Å². The number of nitrogens with zero attached hydrogens (tertiary/aromatic N) is 2. The van der Waals surface area contributed by atoms with Crippen molar-refractivity contribution in [2.75, 3.05) is 15.5 Å². The highest BCUT2D eigenvalue weighted by Crippen LogP contribution is 2.30. The van der Waals surface area contributed by atoms with Crippen LogP contribution in [0.2, 0.25) is 0 Å². The van der Waals surface area contributed by atoms with Gasteiger partial charge in [0.05, 0.1) is 11.4 Å². The molecule has 1 aromatic heterocycles. The zero-order valence-corrected chi connectivity index (χ0v) is 21.2. The van der Waals surface area contributed by atoms with Gasteiger partial charge in [-0.2, -0.15) is 0 Å². The summed E-state index contributed by atoms with van der Waals surface area (Å²) in [5, 5.41) is 6.07. The highest BCUT2D eigenvalue weighted by Gasteiger charge is 2.38. The van der Waals surface area contributed by atoms with Crippen molar-refractivity contribution in [3.63, 3.8) is 0 Å². The number of nitrogens with one attached hydrogen (secondary N) is 2. The lowest BCUT2D eigenvalue weighted by molar-refractivity contribution is -0.120. The predicted molar refractivity (Wildman–Crippen MR) is 140 cm³/mol. The van der Waals surface area contributed by atoms with Gasteiger partial charge in [-0.25, -0.2) is 9.88 Å². The Morgan fingerprint density at radius 2 is 1.71 bits per heavy atom. The first-order valence-corrected chi connectivity index (χ1v) is 12.5. The Morgan fingerprint density at radius 3 is 2.31 bits per heavy atom. The number of unbranched alkanes of at least 4 members (excludes halogenated alkanes) is 1. The number of aryl methyl sites for hydroxylation is 3. The van der Waals surface area contributed by atoms with Crippen molar-refractivity contribution < 1.29 is 14.4 Å². The highest BCUT2D eigenvalue weighted by atomic mass is 35.5. The van der Waals surface area contributed by atoms with Gasteiger partial charge in [0.1, 0.15) is 10.7 Å². The molecule has 0 spiro atoms. The maximum Gasteiger partial charge on any atom is 0.283 e. The van der Waals surface area contributed by atoms with E-state index in [0.717, 1.165) is 40.3 Å². The summed E-state index contributed by atoms with van der Waals surface area (Å²) < 4.78 is 0. The first kappa shape index (κ1) is 24.6. The van der Waals surface area contributed by atoms with Crippen LogP contribution in [0.25, 0.3) is 0 Å². The van der Waals surface area contributed by atoms with Gasteiger partial charge in [-0.3, -0.25) is 19.7 Å². The first-order valence-electron chi connectivity index (χ1n) is 11.3. The highest BCUT2D eigenvalue weighted by molar-refractivity contribution is 7.15. The summed E-state index contributed by atoms with van der Waals surface area (Å²) in [6.07, 6.45) is 3.12. The van der Waals surface area contributed by atoms with E-state index >= 15 is 0 Å². The van der Waals surface area contributed by atoms with E-state index in [4.69, 9.17) is 11.6 Å². The molecule has 0 fully saturated rings. The molecule has 35 heavy (non-hydrogen) atoms. The monoisotopic (exact) mass is 508 g/mol. The lowest BCUT2D eigenvalue weighted by atomic mass is 10.1. The first-order chi connectivity index (χ1) is 16.8. The topological polar surface area (TPSA) is 91.4 Å². The fourth-order valence-corrected chi connectivity index (χ4v) is 4.61. The van der Waals surface area contributed by atoms with Crippen molar-refractivity contribution in [3.05, 3.63) is 81.0 Å². The van der Waals surface area contributed by atoms with Crippen molar-refractivity contribution in [1.29, 1.82) is 0 Å². The van der Waals surface area contributed by atoms with Crippen LogP contribution in [0.1, 0.15) is 46.3 Å².